The number of primary amides is 1. The summed E-state index contributed by atoms with van der Waals surface area (Å²) >= 11 is 6.00. The molecule has 1 aromatic carbocycles. The predicted octanol–water partition coefficient (Wildman–Crippen LogP) is 7.12. The molecule has 1 aliphatic heterocycles. The Labute approximate surface area is 258 Å². The number of rotatable bonds is 10. The fourth-order valence-corrected chi connectivity index (χ4v) is 4.95. The second-order valence-corrected chi connectivity index (χ2v) is 17.9. The molecule has 0 atom stereocenters. The van der Waals surface area contributed by atoms with Crippen molar-refractivity contribution in [2.45, 2.75) is 65.3 Å². The Morgan fingerprint density at radius 2 is 1.60 bits per heavy atom. The third-order valence-corrected chi connectivity index (χ3v) is 12.1. The highest BCUT2D eigenvalue weighted by molar-refractivity contribution is 6.74. The molecule has 1 saturated heterocycles. The highest BCUT2D eigenvalue weighted by Crippen LogP contribution is 2.38. The summed E-state index contributed by atoms with van der Waals surface area (Å²) in [4.78, 5) is 27.5. The zero-order valence-electron chi connectivity index (χ0n) is 26.2. The number of amides is 2. The number of hydrogen-bond donors (Lipinski definition) is 1. The van der Waals surface area contributed by atoms with E-state index in [1.54, 1.807) is 25.7 Å². The second kappa shape index (κ2) is 14.2. The van der Waals surface area contributed by atoms with Gasteiger partial charge in [0.2, 0.25) is 5.91 Å². The molecule has 0 radical (unpaired) electrons. The van der Waals surface area contributed by atoms with Crippen LogP contribution in [0.2, 0.25) is 18.1 Å². The highest BCUT2D eigenvalue weighted by atomic mass is 35.5. The number of hydrogen-bond acceptors (Lipinski definition) is 6. The smallest absolute Gasteiger partial charge is 0.410 e. The summed E-state index contributed by atoms with van der Waals surface area (Å²) < 4.78 is 63.0. The average molecular weight is 646 g/mol. The number of nitrogens with zero attached hydrogens (tertiary/aromatic N) is 2. The van der Waals surface area contributed by atoms with Gasteiger partial charge in [-0.05, 0) is 57.1 Å². The van der Waals surface area contributed by atoms with E-state index in [1.807, 2.05) is 0 Å². The number of nitrogens with two attached hydrogens (primary N) is 1. The van der Waals surface area contributed by atoms with Gasteiger partial charge in [0.15, 0.2) is 25.7 Å². The van der Waals surface area contributed by atoms with Gasteiger partial charge in [0.1, 0.15) is 23.1 Å². The lowest BCUT2D eigenvalue weighted by Crippen LogP contribution is -2.49. The van der Waals surface area contributed by atoms with E-state index in [0.29, 0.717) is 26.2 Å². The zero-order valence-corrected chi connectivity index (χ0v) is 28.0. The lowest BCUT2D eigenvalue weighted by molar-refractivity contribution is 0.0171. The van der Waals surface area contributed by atoms with Gasteiger partial charge in [-0.15, -0.1) is 0 Å². The summed E-state index contributed by atoms with van der Waals surface area (Å²) in [6.45, 7) is 20.7. The molecule has 240 valence electrons. The molecule has 2 N–H and O–H groups in total. The minimum Gasteiger partial charge on any atom is -0.488 e. The maximum atomic E-state index is 15.5. The lowest BCUT2D eigenvalue weighted by atomic mass is 10.0. The maximum Gasteiger partial charge on any atom is 0.410 e. The van der Waals surface area contributed by atoms with E-state index in [9.17, 15) is 9.59 Å². The lowest BCUT2D eigenvalue weighted by Gasteiger charge is -2.36. The van der Waals surface area contributed by atoms with Gasteiger partial charge in [-0.1, -0.05) is 39.0 Å². The zero-order chi connectivity index (χ0) is 32.9. The van der Waals surface area contributed by atoms with Gasteiger partial charge in [0.25, 0.3) is 0 Å². The first kappa shape index (κ1) is 36.2. The largest absolute Gasteiger partial charge is 0.488 e. The molecule has 0 aromatic heterocycles. The Bertz CT molecular complexity index is 1280. The van der Waals surface area contributed by atoms with Crippen LogP contribution in [-0.4, -0.2) is 75.1 Å². The summed E-state index contributed by atoms with van der Waals surface area (Å²) in [6.07, 6.45) is 0.431. The van der Waals surface area contributed by atoms with Gasteiger partial charge >= 0.3 is 6.09 Å². The van der Waals surface area contributed by atoms with Gasteiger partial charge in [-0.2, -0.15) is 0 Å². The van der Waals surface area contributed by atoms with Crippen molar-refractivity contribution in [3.63, 3.8) is 0 Å². The van der Waals surface area contributed by atoms with Crippen molar-refractivity contribution in [2.75, 3.05) is 39.4 Å². The monoisotopic (exact) mass is 645 g/mol. The van der Waals surface area contributed by atoms with E-state index < -0.39 is 59.5 Å². The van der Waals surface area contributed by atoms with E-state index in [2.05, 4.69) is 40.4 Å². The van der Waals surface area contributed by atoms with Crippen LogP contribution in [0.4, 0.5) is 18.0 Å². The molecular weight excluding hydrogens is 603 g/mol. The van der Waals surface area contributed by atoms with Crippen LogP contribution in [-0.2, 0) is 9.16 Å². The van der Waals surface area contributed by atoms with Crippen LogP contribution in [0.5, 0.6) is 5.75 Å². The number of benzene rings is 1. The van der Waals surface area contributed by atoms with Crippen LogP contribution < -0.4 is 10.5 Å². The fourth-order valence-electron chi connectivity index (χ4n) is 3.77. The van der Waals surface area contributed by atoms with Crippen LogP contribution in [0.1, 0.15) is 57.5 Å². The van der Waals surface area contributed by atoms with Gasteiger partial charge < -0.3 is 29.4 Å². The van der Waals surface area contributed by atoms with Gasteiger partial charge in [-0.3, -0.25) is 4.79 Å². The Kier molecular flexibility index (Phi) is 12.0. The van der Waals surface area contributed by atoms with Crippen LogP contribution in [0.15, 0.2) is 41.3 Å². The molecule has 43 heavy (non-hydrogen) atoms. The predicted molar refractivity (Wildman–Crippen MR) is 165 cm³/mol. The molecule has 0 bridgehead atoms. The molecule has 8 nitrogen and oxygen atoms in total. The quantitative estimate of drug-likeness (QED) is 0.165. The maximum absolute atomic E-state index is 15.5. The Hall–Kier alpha value is -2.96. The molecule has 0 aliphatic carbocycles. The SMILES string of the molecule is C=C(/C=C(F)\C(Cl)=C(/F)c1c(C(N)=O)ccc(OCCO[Si](C)(C)C(C)(C)C)c1F)N1CCN(C(=O)OC(C)(C)C)CC1. The molecule has 0 unspecified atom stereocenters. The van der Waals surface area contributed by atoms with E-state index in [-0.39, 0.29) is 29.7 Å². The molecule has 0 spiro atoms. The van der Waals surface area contributed by atoms with E-state index in [0.717, 1.165) is 18.2 Å². The molecule has 1 aromatic rings. The van der Waals surface area contributed by atoms with Crippen LogP contribution >= 0.6 is 11.6 Å². The number of allylic oxidation sites excluding steroid dienone is 3. The van der Waals surface area contributed by atoms with E-state index >= 15 is 13.2 Å². The summed E-state index contributed by atoms with van der Waals surface area (Å²) in [5.74, 6) is -5.56. The minimum absolute atomic E-state index is 0.0451. The minimum atomic E-state index is -2.08. The van der Waals surface area contributed by atoms with Crippen molar-refractivity contribution in [1.29, 1.82) is 0 Å². The van der Waals surface area contributed by atoms with Crippen LogP contribution in [0, 0.1) is 5.82 Å². The van der Waals surface area contributed by atoms with Gasteiger partial charge in [0.05, 0.1) is 17.7 Å². The fraction of sp³-hybridized carbons (Fsp3) is 0.533. The van der Waals surface area contributed by atoms with Crippen LogP contribution in [0.3, 0.4) is 0 Å². The number of carbonyl (C=O) groups excluding carboxylic acids is 2. The molecule has 2 rings (SSSR count). The van der Waals surface area contributed by atoms with Crippen molar-refractivity contribution in [2.24, 2.45) is 5.73 Å². The Morgan fingerprint density at radius 1 is 1.05 bits per heavy atom. The third-order valence-electron chi connectivity index (χ3n) is 7.23. The van der Waals surface area contributed by atoms with Crippen molar-refractivity contribution < 1.29 is 36.7 Å². The Morgan fingerprint density at radius 3 is 2.12 bits per heavy atom. The normalized spacial score (nSPS) is 15.7. The summed E-state index contributed by atoms with van der Waals surface area (Å²) in [5.41, 5.74) is 3.40. The summed E-state index contributed by atoms with van der Waals surface area (Å²) in [6, 6.07) is 2.22. The van der Waals surface area contributed by atoms with E-state index in [4.69, 9.17) is 31.2 Å². The summed E-state index contributed by atoms with van der Waals surface area (Å²) in [5, 5.41) is -1.12. The second-order valence-electron chi connectivity index (χ2n) is 12.7. The molecule has 0 saturated carbocycles. The molecule has 1 heterocycles. The molecule has 13 heteroatoms. The molecule has 1 aliphatic rings. The first-order valence-corrected chi connectivity index (χ1v) is 17.2. The third kappa shape index (κ3) is 9.77. The first-order chi connectivity index (χ1) is 19.7. The molecular formula is C30H43ClF3N3O5Si. The van der Waals surface area contributed by atoms with Gasteiger partial charge in [0, 0.05) is 31.9 Å². The van der Waals surface area contributed by atoms with Crippen molar-refractivity contribution in [1.82, 2.24) is 9.80 Å². The van der Waals surface area contributed by atoms with Crippen LogP contribution in [0.25, 0.3) is 5.83 Å². The average Bonchev–Trinajstić information content (AvgIpc) is 2.89. The van der Waals surface area contributed by atoms with Crippen molar-refractivity contribution in [3.05, 3.63) is 58.3 Å². The molecule has 2 amide bonds. The standard InChI is InChI=1S/C30H43ClF3N3O5Si/c1-19(36-12-14-37(15-13-36)28(39)42-29(2,3)4)18-21(32)24(31)26(34)23-20(27(35)38)10-11-22(25(23)33)40-16-17-41-43(8,9)30(5,6)7/h10-11,18H,1,12-17H2,2-9H3,(H2,35,38)/b21-18+,26-24+. The number of carbonyl (C=O) groups is 2. The first-order valence-electron chi connectivity index (χ1n) is 13.9. The number of ether oxygens (including phenoxy) is 2. The van der Waals surface area contributed by atoms with E-state index in [1.165, 1.54) is 4.90 Å². The highest BCUT2D eigenvalue weighted by Gasteiger charge is 2.37. The molecule has 1 fully saturated rings. The number of piperazine rings is 1. The number of halogens is 4. The van der Waals surface area contributed by atoms with Gasteiger partial charge in [-0.25, -0.2) is 18.0 Å². The topological polar surface area (TPSA) is 94.3 Å². The van der Waals surface area contributed by atoms with Crippen molar-refractivity contribution in [3.8, 4) is 5.75 Å². The summed E-state index contributed by atoms with van der Waals surface area (Å²) in [7, 11) is -2.08. The van der Waals surface area contributed by atoms with Crippen molar-refractivity contribution >= 4 is 37.7 Å². The Balaban J connectivity index is 2.21.